The van der Waals surface area contributed by atoms with Gasteiger partial charge in [0.1, 0.15) is 6.10 Å². The zero-order valence-corrected chi connectivity index (χ0v) is 20.8. The average Bonchev–Trinajstić information content (AvgIpc) is 3.42. The Labute approximate surface area is 212 Å². The molecule has 2 aromatic heterocycles. The molecule has 2 aliphatic heterocycles. The highest BCUT2D eigenvalue weighted by molar-refractivity contribution is 6.39. The molecule has 37 heavy (non-hydrogen) atoms. The molecule has 3 amide bonds. The average molecular weight is 495 g/mol. The molecule has 8 heteroatoms. The van der Waals surface area contributed by atoms with Crippen molar-refractivity contribution in [1.29, 1.82) is 0 Å². The zero-order chi connectivity index (χ0) is 25.6. The maximum Gasteiger partial charge on any atom is 0.407 e. The SMILES string of the molecule is CC(C)(C)NC(=O)OC1CCn2c3ccccc3c3c4c(c5c6ccccc6n(c5c32)C1)C(=O)NC4=O. The van der Waals surface area contributed by atoms with Crippen LogP contribution in [0.4, 0.5) is 4.79 Å². The first-order valence-corrected chi connectivity index (χ1v) is 12.6. The second kappa shape index (κ2) is 7.35. The number of nitrogens with zero attached hydrogens (tertiary/aromatic N) is 2. The lowest BCUT2D eigenvalue weighted by atomic mass is 9.96. The maximum atomic E-state index is 13.2. The van der Waals surface area contributed by atoms with Gasteiger partial charge in [0.2, 0.25) is 0 Å². The van der Waals surface area contributed by atoms with Crippen molar-refractivity contribution in [3.05, 3.63) is 59.7 Å². The normalized spacial score (nSPS) is 17.4. The van der Waals surface area contributed by atoms with Gasteiger partial charge >= 0.3 is 6.09 Å². The molecule has 5 aromatic rings. The molecule has 1 unspecified atom stereocenters. The Morgan fingerprint density at radius 3 is 2.03 bits per heavy atom. The van der Waals surface area contributed by atoms with E-state index in [0.29, 0.717) is 30.6 Å². The van der Waals surface area contributed by atoms with Crippen molar-refractivity contribution >= 4 is 61.5 Å². The molecule has 8 nitrogen and oxygen atoms in total. The molecule has 3 aromatic carbocycles. The van der Waals surface area contributed by atoms with E-state index in [4.69, 9.17) is 4.74 Å². The second-order valence-corrected chi connectivity index (χ2v) is 11.0. The molecule has 4 heterocycles. The first-order valence-electron chi connectivity index (χ1n) is 12.6. The Kier molecular flexibility index (Phi) is 4.35. The summed E-state index contributed by atoms with van der Waals surface area (Å²) in [6.45, 7) is 6.79. The molecule has 0 saturated heterocycles. The van der Waals surface area contributed by atoms with Crippen molar-refractivity contribution < 1.29 is 19.1 Å². The number of hydrogen-bond acceptors (Lipinski definition) is 4. The van der Waals surface area contributed by atoms with Gasteiger partial charge < -0.3 is 19.2 Å². The fourth-order valence-electron chi connectivity index (χ4n) is 6.11. The zero-order valence-electron chi connectivity index (χ0n) is 20.8. The second-order valence-electron chi connectivity index (χ2n) is 11.0. The molecule has 0 spiro atoms. The standard InChI is InChI=1S/C29H26N4O4/c1-29(2,3)31-28(36)37-15-12-13-32-18-10-6-4-8-16(18)20-22-23(27(35)30-26(22)34)21-17-9-5-7-11-19(17)33(14-15)25(21)24(20)32/h4-11,15H,12-14H2,1-3H3,(H,31,36)(H,30,34,35). The lowest BCUT2D eigenvalue weighted by Crippen LogP contribution is -2.43. The summed E-state index contributed by atoms with van der Waals surface area (Å²) in [6, 6.07) is 15.9. The Morgan fingerprint density at radius 1 is 0.892 bits per heavy atom. The maximum absolute atomic E-state index is 13.2. The van der Waals surface area contributed by atoms with Crippen LogP contribution in [0.15, 0.2) is 48.5 Å². The van der Waals surface area contributed by atoms with Gasteiger partial charge in [0.05, 0.1) is 28.7 Å². The molecule has 0 saturated carbocycles. The monoisotopic (exact) mass is 494 g/mol. The number of carbonyl (C=O) groups is 3. The number of carbonyl (C=O) groups excluding carboxylic acids is 3. The van der Waals surface area contributed by atoms with Crippen molar-refractivity contribution in [2.45, 2.75) is 51.9 Å². The van der Waals surface area contributed by atoms with Crippen molar-refractivity contribution in [2.24, 2.45) is 0 Å². The summed E-state index contributed by atoms with van der Waals surface area (Å²) >= 11 is 0. The van der Waals surface area contributed by atoms with E-state index >= 15 is 0 Å². The molecule has 2 N–H and O–H groups in total. The molecule has 0 aliphatic carbocycles. The predicted molar refractivity (Wildman–Crippen MR) is 142 cm³/mol. The van der Waals surface area contributed by atoms with Crippen LogP contribution in [0, 0.1) is 0 Å². The molecule has 0 fully saturated rings. The van der Waals surface area contributed by atoms with Gasteiger partial charge in [-0.3, -0.25) is 14.9 Å². The largest absolute Gasteiger partial charge is 0.444 e. The molecule has 7 rings (SSSR count). The van der Waals surface area contributed by atoms with Crippen LogP contribution in [0.3, 0.4) is 0 Å². The smallest absolute Gasteiger partial charge is 0.407 e. The lowest BCUT2D eigenvalue weighted by molar-refractivity contribution is 0.0754. The van der Waals surface area contributed by atoms with E-state index in [9.17, 15) is 14.4 Å². The minimum absolute atomic E-state index is 0.358. The van der Waals surface area contributed by atoms with E-state index in [1.807, 2.05) is 69.3 Å². The number of rotatable bonds is 1. The van der Waals surface area contributed by atoms with Gasteiger partial charge in [-0.2, -0.15) is 0 Å². The Bertz CT molecular complexity index is 1840. The minimum atomic E-state index is -0.451. The number of hydrogen-bond donors (Lipinski definition) is 2. The molecule has 186 valence electrons. The summed E-state index contributed by atoms with van der Waals surface area (Å²) in [7, 11) is 0. The molecule has 0 bridgehead atoms. The fraction of sp³-hybridized carbons (Fsp3) is 0.276. The van der Waals surface area contributed by atoms with Crippen LogP contribution in [0.25, 0.3) is 43.6 Å². The highest BCUT2D eigenvalue weighted by Gasteiger charge is 2.37. The number of para-hydroxylation sites is 2. The predicted octanol–water partition coefficient (Wildman–Crippen LogP) is 5.08. The Morgan fingerprint density at radius 2 is 1.43 bits per heavy atom. The number of aryl methyl sites for hydroxylation is 1. The third-order valence-electron chi connectivity index (χ3n) is 7.41. The molecule has 1 atom stereocenters. The molecule has 2 aliphatic rings. The third kappa shape index (κ3) is 3.05. The number of aromatic nitrogens is 2. The van der Waals surface area contributed by atoms with E-state index in [1.54, 1.807) is 0 Å². The summed E-state index contributed by atoms with van der Waals surface area (Å²) in [4.78, 5) is 39.2. The highest BCUT2D eigenvalue weighted by Crippen LogP contribution is 2.45. The number of alkyl carbamates (subject to hydrolysis) is 1. The molecular formula is C29H26N4O4. The number of benzene rings is 3. The van der Waals surface area contributed by atoms with Gasteiger partial charge in [-0.1, -0.05) is 36.4 Å². The van der Waals surface area contributed by atoms with Gasteiger partial charge in [0.25, 0.3) is 11.8 Å². The summed E-state index contributed by atoms with van der Waals surface area (Å²) in [5.41, 5.74) is 4.20. The van der Waals surface area contributed by atoms with Crippen molar-refractivity contribution in [2.75, 3.05) is 0 Å². The van der Waals surface area contributed by atoms with Gasteiger partial charge in [-0.05, 0) is 32.9 Å². The molecular weight excluding hydrogens is 468 g/mol. The van der Waals surface area contributed by atoms with E-state index in [0.717, 1.165) is 43.6 Å². The van der Waals surface area contributed by atoms with Crippen molar-refractivity contribution in [3.8, 4) is 0 Å². The van der Waals surface area contributed by atoms with Crippen LogP contribution in [0.2, 0.25) is 0 Å². The topological polar surface area (TPSA) is 94.4 Å². The summed E-state index contributed by atoms with van der Waals surface area (Å²) in [6.07, 6.45) is -0.247. The number of nitrogens with one attached hydrogen (secondary N) is 2. The van der Waals surface area contributed by atoms with Crippen LogP contribution < -0.4 is 10.6 Å². The van der Waals surface area contributed by atoms with Crippen LogP contribution >= 0.6 is 0 Å². The van der Waals surface area contributed by atoms with Crippen LogP contribution in [-0.4, -0.2) is 38.7 Å². The number of amides is 3. The Balaban J connectivity index is 1.59. The first kappa shape index (κ1) is 21.9. The van der Waals surface area contributed by atoms with Gasteiger partial charge in [0.15, 0.2) is 0 Å². The number of ether oxygens (including phenoxy) is 1. The molecule has 0 radical (unpaired) electrons. The summed E-state index contributed by atoms with van der Waals surface area (Å²) in [5, 5.41) is 8.85. The van der Waals surface area contributed by atoms with Gasteiger partial charge in [-0.15, -0.1) is 0 Å². The number of imide groups is 1. The number of fused-ring (bicyclic) bond motifs is 9. The first-order chi connectivity index (χ1) is 17.7. The van der Waals surface area contributed by atoms with E-state index in [2.05, 4.69) is 19.8 Å². The van der Waals surface area contributed by atoms with Crippen molar-refractivity contribution in [1.82, 2.24) is 19.8 Å². The Hall–Kier alpha value is -4.33. The van der Waals surface area contributed by atoms with Gasteiger partial charge in [-0.25, -0.2) is 4.79 Å². The van der Waals surface area contributed by atoms with E-state index < -0.39 is 17.7 Å². The lowest BCUT2D eigenvalue weighted by Gasteiger charge is -2.26. The van der Waals surface area contributed by atoms with Crippen molar-refractivity contribution in [3.63, 3.8) is 0 Å². The fourth-order valence-corrected chi connectivity index (χ4v) is 6.11. The van der Waals surface area contributed by atoms with E-state index in [1.165, 1.54) is 0 Å². The highest BCUT2D eigenvalue weighted by atomic mass is 16.6. The summed E-state index contributed by atoms with van der Waals surface area (Å²) < 4.78 is 10.3. The third-order valence-corrected chi connectivity index (χ3v) is 7.41. The van der Waals surface area contributed by atoms with E-state index in [-0.39, 0.29) is 11.8 Å². The van der Waals surface area contributed by atoms with Crippen LogP contribution in [-0.2, 0) is 17.8 Å². The van der Waals surface area contributed by atoms with Gasteiger partial charge in [0, 0.05) is 51.1 Å². The quantitative estimate of drug-likeness (QED) is 0.318. The van der Waals surface area contributed by atoms with Crippen LogP contribution in [0.1, 0.15) is 47.9 Å². The minimum Gasteiger partial charge on any atom is -0.444 e. The van der Waals surface area contributed by atoms with Crippen LogP contribution in [0.5, 0.6) is 0 Å². The summed E-state index contributed by atoms with van der Waals surface area (Å²) in [5.74, 6) is -0.732.